The van der Waals surface area contributed by atoms with Gasteiger partial charge in [-0.05, 0) is 19.4 Å². The van der Waals surface area contributed by atoms with E-state index in [4.69, 9.17) is 17.0 Å². The van der Waals surface area contributed by atoms with E-state index in [-0.39, 0.29) is 12.0 Å². The third-order valence-corrected chi connectivity index (χ3v) is 2.62. The molecule has 0 spiro atoms. The summed E-state index contributed by atoms with van der Waals surface area (Å²) in [5, 5.41) is 3.09. The van der Waals surface area contributed by atoms with Crippen LogP contribution in [0.5, 0.6) is 0 Å². The van der Waals surface area contributed by atoms with Crippen LogP contribution in [0, 0.1) is 0 Å². The number of nitrogens with one attached hydrogen (secondary N) is 1. The molecule has 1 aromatic carbocycles. The van der Waals surface area contributed by atoms with E-state index in [2.05, 4.69) is 5.32 Å². The van der Waals surface area contributed by atoms with Gasteiger partial charge in [0.15, 0.2) is 0 Å². The minimum atomic E-state index is -0.529. The van der Waals surface area contributed by atoms with E-state index < -0.39 is 5.92 Å². The molecule has 0 bridgehead atoms. The van der Waals surface area contributed by atoms with Crippen LogP contribution >= 0.6 is 12.2 Å². The van der Waals surface area contributed by atoms with E-state index in [1.165, 1.54) is 7.11 Å². The first-order valence-corrected chi connectivity index (χ1v) is 5.90. The van der Waals surface area contributed by atoms with Crippen LogP contribution in [0.4, 0.5) is 0 Å². The standard InChI is InChI=1S/C13H17NO2S/c1-9(2)14-12(17)11(13(15)16-3)10-7-5-4-6-8-10/h4-9,11H,1-3H3,(H,14,17)/t11-/m1/s1. The molecule has 92 valence electrons. The minimum absolute atomic E-state index is 0.193. The molecule has 0 amide bonds. The van der Waals surface area contributed by atoms with Crippen LogP contribution in [0.1, 0.15) is 25.3 Å². The first-order valence-electron chi connectivity index (χ1n) is 5.49. The van der Waals surface area contributed by atoms with Crippen molar-refractivity contribution in [1.82, 2.24) is 5.32 Å². The van der Waals surface area contributed by atoms with Gasteiger partial charge < -0.3 is 10.1 Å². The number of benzene rings is 1. The molecule has 0 aliphatic heterocycles. The smallest absolute Gasteiger partial charge is 0.320 e. The number of carbonyl (C=O) groups is 1. The molecule has 1 atom stereocenters. The average molecular weight is 251 g/mol. The predicted octanol–water partition coefficient (Wildman–Crippen LogP) is 2.27. The summed E-state index contributed by atoms with van der Waals surface area (Å²) in [6, 6.07) is 9.59. The van der Waals surface area contributed by atoms with Crippen LogP contribution < -0.4 is 5.32 Å². The second kappa shape index (κ2) is 6.35. The van der Waals surface area contributed by atoms with Crippen LogP contribution in [0.3, 0.4) is 0 Å². The van der Waals surface area contributed by atoms with E-state index in [0.717, 1.165) is 5.56 Å². The minimum Gasteiger partial charge on any atom is -0.468 e. The van der Waals surface area contributed by atoms with Gasteiger partial charge in [0.2, 0.25) is 0 Å². The van der Waals surface area contributed by atoms with E-state index >= 15 is 0 Å². The zero-order valence-corrected chi connectivity index (χ0v) is 11.1. The first-order chi connectivity index (χ1) is 8.06. The van der Waals surface area contributed by atoms with Gasteiger partial charge in [-0.25, -0.2) is 0 Å². The third-order valence-electron chi connectivity index (χ3n) is 2.26. The molecule has 0 saturated heterocycles. The Morgan fingerprint density at radius 2 is 1.88 bits per heavy atom. The highest BCUT2D eigenvalue weighted by atomic mass is 32.1. The van der Waals surface area contributed by atoms with Crippen molar-refractivity contribution in [3.8, 4) is 0 Å². The maximum Gasteiger partial charge on any atom is 0.320 e. The summed E-state index contributed by atoms with van der Waals surface area (Å²) in [5.41, 5.74) is 0.845. The van der Waals surface area contributed by atoms with Crippen molar-refractivity contribution < 1.29 is 9.53 Å². The molecular weight excluding hydrogens is 234 g/mol. The first kappa shape index (κ1) is 13.6. The fourth-order valence-corrected chi connectivity index (χ4v) is 1.99. The van der Waals surface area contributed by atoms with Gasteiger partial charge in [-0.3, -0.25) is 4.79 Å². The second-order valence-corrected chi connectivity index (χ2v) is 4.47. The summed E-state index contributed by atoms with van der Waals surface area (Å²) in [6.45, 7) is 3.96. The van der Waals surface area contributed by atoms with E-state index in [1.807, 2.05) is 44.2 Å². The topological polar surface area (TPSA) is 38.3 Å². The van der Waals surface area contributed by atoms with Crippen LogP contribution in [0.25, 0.3) is 0 Å². The molecule has 17 heavy (non-hydrogen) atoms. The number of hydrogen-bond acceptors (Lipinski definition) is 3. The Kier molecular flexibility index (Phi) is 5.10. The second-order valence-electron chi connectivity index (χ2n) is 4.03. The molecule has 3 nitrogen and oxygen atoms in total. The number of methoxy groups -OCH3 is 1. The maximum absolute atomic E-state index is 11.8. The Morgan fingerprint density at radius 1 is 1.29 bits per heavy atom. The van der Waals surface area contributed by atoms with Gasteiger partial charge in [0.25, 0.3) is 0 Å². The Labute approximate surface area is 107 Å². The zero-order valence-electron chi connectivity index (χ0n) is 10.3. The largest absolute Gasteiger partial charge is 0.468 e. The fraction of sp³-hybridized carbons (Fsp3) is 0.385. The monoisotopic (exact) mass is 251 g/mol. The average Bonchev–Trinajstić information content (AvgIpc) is 2.29. The molecule has 1 N–H and O–H groups in total. The van der Waals surface area contributed by atoms with Gasteiger partial charge in [-0.15, -0.1) is 0 Å². The lowest BCUT2D eigenvalue weighted by Crippen LogP contribution is -2.36. The Balaban J connectivity index is 2.97. The summed E-state index contributed by atoms with van der Waals surface area (Å²) < 4.78 is 4.80. The SMILES string of the molecule is COC(=O)[C@@H](C(=S)NC(C)C)c1ccccc1. The van der Waals surface area contributed by atoms with Gasteiger partial charge in [0.1, 0.15) is 5.92 Å². The highest BCUT2D eigenvalue weighted by Crippen LogP contribution is 2.18. The lowest BCUT2D eigenvalue weighted by Gasteiger charge is -2.19. The normalized spacial score (nSPS) is 12.0. The molecule has 4 heteroatoms. The zero-order chi connectivity index (χ0) is 12.8. The van der Waals surface area contributed by atoms with Crippen LogP contribution in [0.15, 0.2) is 30.3 Å². The molecule has 0 radical (unpaired) electrons. The lowest BCUT2D eigenvalue weighted by molar-refractivity contribution is -0.140. The molecule has 0 saturated carbocycles. The lowest BCUT2D eigenvalue weighted by atomic mass is 9.99. The van der Waals surface area contributed by atoms with Crippen molar-refractivity contribution in [2.24, 2.45) is 0 Å². The number of rotatable bonds is 4. The number of hydrogen-bond donors (Lipinski definition) is 1. The number of ether oxygens (including phenoxy) is 1. The number of esters is 1. The van der Waals surface area contributed by atoms with Crippen molar-refractivity contribution in [3.63, 3.8) is 0 Å². The van der Waals surface area contributed by atoms with Crippen molar-refractivity contribution in [3.05, 3.63) is 35.9 Å². The quantitative estimate of drug-likeness (QED) is 0.658. The molecule has 1 rings (SSSR count). The van der Waals surface area contributed by atoms with E-state index in [1.54, 1.807) is 0 Å². The molecular formula is C13H17NO2S. The summed E-state index contributed by atoms with van der Waals surface area (Å²) in [6.07, 6.45) is 0. The van der Waals surface area contributed by atoms with E-state index in [0.29, 0.717) is 4.99 Å². The highest BCUT2D eigenvalue weighted by Gasteiger charge is 2.26. The summed E-state index contributed by atoms with van der Waals surface area (Å²) >= 11 is 5.26. The van der Waals surface area contributed by atoms with Crippen LogP contribution in [-0.4, -0.2) is 24.1 Å². The Bertz CT molecular complexity index is 390. The van der Waals surface area contributed by atoms with Crippen molar-refractivity contribution in [1.29, 1.82) is 0 Å². The molecule has 0 aromatic heterocycles. The Morgan fingerprint density at radius 3 is 2.35 bits per heavy atom. The third kappa shape index (κ3) is 3.82. The number of thiocarbonyl (C=S) groups is 1. The van der Waals surface area contributed by atoms with Gasteiger partial charge in [-0.2, -0.15) is 0 Å². The molecule has 0 aliphatic rings. The Hall–Kier alpha value is -1.42. The van der Waals surface area contributed by atoms with Crippen LogP contribution in [-0.2, 0) is 9.53 Å². The van der Waals surface area contributed by atoms with Crippen molar-refractivity contribution >= 4 is 23.2 Å². The van der Waals surface area contributed by atoms with Gasteiger partial charge >= 0.3 is 5.97 Å². The summed E-state index contributed by atoms with van der Waals surface area (Å²) in [4.78, 5) is 12.3. The van der Waals surface area contributed by atoms with Gasteiger partial charge in [0.05, 0.1) is 12.1 Å². The van der Waals surface area contributed by atoms with Gasteiger partial charge in [-0.1, -0.05) is 42.5 Å². The molecule has 1 aromatic rings. The van der Waals surface area contributed by atoms with Crippen molar-refractivity contribution in [2.75, 3.05) is 7.11 Å². The summed E-state index contributed by atoms with van der Waals surface area (Å²) in [5.74, 6) is -0.868. The molecule has 0 heterocycles. The van der Waals surface area contributed by atoms with Crippen molar-refractivity contribution in [2.45, 2.75) is 25.8 Å². The molecule has 0 unspecified atom stereocenters. The van der Waals surface area contributed by atoms with Gasteiger partial charge in [0, 0.05) is 6.04 Å². The summed E-state index contributed by atoms with van der Waals surface area (Å²) in [7, 11) is 1.37. The van der Waals surface area contributed by atoms with Crippen LogP contribution in [0.2, 0.25) is 0 Å². The molecule has 0 aliphatic carbocycles. The predicted molar refractivity (Wildman–Crippen MR) is 72.1 cm³/mol. The fourth-order valence-electron chi connectivity index (χ4n) is 1.53. The highest BCUT2D eigenvalue weighted by molar-refractivity contribution is 7.80. The maximum atomic E-state index is 11.8. The van der Waals surface area contributed by atoms with E-state index in [9.17, 15) is 4.79 Å². The molecule has 0 fully saturated rings. The number of carbonyl (C=O) groups excluding carboxylic acids is 1.